The van der Waals surface area contributed by atoms with Crippen molar-refractivity contribution in [2.75, 3.05) is 0 Å². The van der Waals surface area contributed by atoms with Gasteiger partial charge in [-0.15, -0.1) is 25.7 Å². The maximum Gasteiger partial charge on any atom is 0.0658 e. The Kier molecular flexibility index (Phi) is 7.53. The Morgan fingerprint density at radius 1 is 0.483 bits per heavy atom. The molecule has 5 heterocycles. The van der Waals surface area contributed by atoms with Gasteiger partial charge in [-0.25, -0.2) is 9.97 Å². The molecule has 29 heavy (non-hydrogen) atoms. The molecule has 2 N–H and O–H groups in total. The van der Waals surface area contributed by atoms with Crippen molar-refractivity contribution in [3.63, 3.8) is 0 Å². The van der Waals surface area contributed by atoms with Crippen molar-refractivity contribution >= 4 is 46.4 Å². The van der Waals surface area contributed by atoms with Gasteiger partial charge in [-0.2, -0.15) is 0 Å². The minimum atomic E-state index is 0. The smallest absolute Gasteiger partial charge is 0.0658 e. The maximum atomic E-state index is 4.63. The molecule has 4 nitrogen and oxygen atoms in total. The molecular weight excluding hydrogens is 451 g/mol. The first kappa shape index (κ1) is 21.7. The van der Waals surface area contributed by atoms with Crippen LogP contribution in [0.2, 0.25) is 0 Å². The summed E-state index contributed by atoms with van der Waals surface area (Å²) in [4.78, 5) is 16.0. The SMILES string of the molecule is C#C.C#C.C1=Cc2cc3ccc(cc4nc(cc5ccc(cc1n2)[nH]5)C=C4)[nH]3.[Pd]. The van der Waals surface area contributed by atoms with E-state index in [1.54, 1.807) is 0 Å². The zero-order valence-corrected chi connectivity index (χ0v) is 17.0. The van der Waals surface area contributed by atoms with E-state index in [0.29, 0.717) is 0 Å². The van der Waals surface area contributed by atoms with E-state index in [-0.39, 0.29) is 20.4 Å². The van der Waals surface area contributed by atoms with Gasteiger partial charge in [-0.3, -0.25) is 0 Å². The van der Waals surface area contributed by atoms with Crippen LogP contribution in [0, 0.1) is 25.7 Å². The molecule has 0 spiro atoms. The van der Waals surface area contributed by atoms with Crippen molar-refractivity contribution in [1.29, 1.82) is 0 Å². The molecule has 8 bridgehead atoms. The van der Waals surface area contributed by atoms with E-state index in [2.05, 4.69) is 69.9 Å². The molecule has 5 rings (SSSR count). The van der Waals surface area contributed by atoms with Gasteiger partial charge in [0.1, 0.15) is 0 Å². The number of fused-ring (bicyclic) bond motifs is 8. The van der Waals surface area contributed by atoms with Gasteiger partial charge in [0.25, 0.3) is 0 Å². The monoisotopic (exact) mass is 468 g/mol. The molecule has 5 heteroatoms. The summed E-state index contributed by atoms with van der Waals surface area (Å²) in [6, 6.07) is 16.4. The van der Waals surface area contributed by atoms with E-state index >= 15 is 0 Å². The minimum Gasteiger partial charge on any atom is -0.355 e. The number of aromatic amines is 2. The van der Waals surface area contributed by atoms with Gasteiger partial charge in [0, 0.05) is 42.5 Å². The maximum absolute atomic E-state index is 4.63. The molecule has 2 aliphatic heterocycles. The van der Waals surface area contributed by atoms with Crippen molar-refractivity contribution in [2.24, 2.45) is 0 Å². The van der Waals surface area contributed by atoms with Crippen LogP contribution in [0.3, 0.4) is 0 Å². The number of H-pyrrole nitrogens is 2. The molecule has 0 unspecified atom stereocenters. The predicted octanol–water partition coefficient (Wildman–Crippen LogP) is 5.15. The normalized spacial score (nSPS) is 10.6. The number of nitrogens with zero attached hydrogens (tertiary/aromatic N) is 2. The van der Waals surface area contributed by atoms with E-state index < -0.39 is 0 Å². The average Bonchev–Trinajstić information content (AvgIpc) is 3.51. The number of nitrogens with one attached hydrogen (secondary N) is 2. The van der Waals surface area contributed by atoms with Crippen molar-refractivity contribution in [1.82, 2.24) is 19.9 Å². The van der Waals surface area contributed by atoms with Gasteiger partial charge in [0.05, 0.1) is 22.8 Å². The molecule has 144 valence electrons. The number of hydrogen-bond acceptors (Lipinski definition) is 2. The molecule has 0 saturated heterocycles. The van der Waals surface area contributed by atoms with E-state index in [4.69, 9.17) is 0 Å². The standard InChI is InChI=1S/C20H14N4.2C2H2.Pd/c1-2-14-10-16-5-6-18(23-16)12-20-8-7-19(24-20)11-17-4-3-15(22-17)9-13(1)21-14;2*1-2;/h1-12,21,24H;2*1-2H;. The summed E-state index contributed by atoms with van der Waals surface area (Å²) in [5.41, 5.74) is 7.86. The fourth-order valence-electron chi connectivity index (χ4n) is 2.94. The van der Waals surface area contributed by atoms with Crippen LogP contribution in [0.5, 0.6) is 0 Å². The van der Waals surface area contributed by atoms with Gasteiger partial charge in [-0.05, 0) is 72.8 Å². The molecule has 0 aliphatic carbocycles. The summed E-state index contributed by atoms with van der Waals surface area (Å²) in [5, 5.41) is 0. The van der Waals surface area contributed by atoms with Crippen LogP contribution in [-0.2, 0) is 20.4 Å². The third-order valence-electron chi connectivity index (χ3n) is 4.04. The zero-order valence-electron chi connectivity index (χ0n) is 15.4. The number of aromatic nitrogens is 4. The van der Waals surface area contributed by atoms with Gasteiger partial charge in [0.15, 0.2) is 0 Å². The molecule has 0 fully saturated rings. The summed E-state index contributed by atoms with van der Waals surface area (Å²) in [6.07, 6.45) is 24.1. The van der Waals surface area contributed by atoms with Gasteiger partial charge in [-0.1, -0.05) is 0 Å². The quantitative estimate of drug-likeness (QED) is 0.244. The Morgan fingerprint density at radius 3 is 0.966 bits per heavy atom. The van der Waals surface area contributed by atoms with Crippen LogP contribution >= 0.6 is 0 Å². The van der Waals surface area contributed by atoms with Crippen molar-refractivity contribution in [2.45, 2.75) is 0 Å². The molecule has 3 aromatic rings. The molecule has 0 radical (unpaired) electrons. The van der Waals surface area contributed by atoms with Gasteiger partial charge in [0.2, 0.25) is 0 Å². The van der Waals surface area contributed by atoms with Crippen LogP contribution in [0.15, 0.2) is 48.5 Å². The summed E-state index contributed by atoms with van der Waals surface area (Å²) in [6.45, 7) is 0. The Bertz CT molecular complexity index is 1070. The molecule has 0 aromatic carbocycles. The first-order valence-electron chi connectivity index (χ1n) is 8.51. The van der Waals surface area contributed by atoms with E-state index in [1.807, 2.05) is 48.6 Å². The Balaban J connectivity index is 0.000000567. The molecule has 3 aromatic heterocycles. The first-order valence-corrected chi connectivity index (χ1v) is 8.51. The first-order chi connectivity index (χ1) is 13.8. The van der Waals surface area contributed by atoms with Crippen LogP contribution in [-0.4, -0.2) is 19.9 Å². The van der Waals surface area contributed by atoms with Crippen molar-refractivity contribution < 1.29 is 20.4 Å². The summed E-state index contributed by atoms with van der Waals surface area (Å²) in [5.74, 6) is 0. The number of hydrogen-bond donors (Lipinski definition) is 2. The molecule has 2 aliphatic rings. The van der Waals surface area contributed by atoms with Crippen molar-refractivity contribution in [3.8, 4) is 25.7 Å². The van der Waals surface area contributed by atoms with Crippen LogP contribution in [0.25, 0.3) is 46.4 Å². The van der Waals surface area contributed by atoms with E-state index in [0.717, 1.165) is 44.8 Å². The van der Waals surface area contributed by atoms with Crippen LogP contribution < -0.4 is 0 Å². The second kappa shape index (κ2) is 10.1. The molecular formula is C24H18N4Pd. The van der Waals surface area contributed by atoms with Gasteiger partial charge < -0.3 is 9.97 Å². The predicted molar refractivity (Wildman–Crippen MR) is 119 cm³/mol. The molecule has 0 saturated carbocycles. The Morgan fingerprint density at radius 2 is 0.724 bits per heavy atom. The summed E-state index contributed by atoms with van der Waals surface area (Å²) >= 11 is 0. The third kappa shape index (κ3) is 5.22. The summed E-state index contributed by atoms with van der Waals surface area (Å²) < 4.78 is 0. The fraction of sp³-hybridized carbons (Fsp3) is 0. The van der Waals surface area contributed by atoms with E-state index in [1.165, 1.54) is 0 Å². The van der Waals surface area contributed by atoms with Crippen molar-refractivity contribution in [3.05, 3.63) is 71.3 Å². The number of terminal acetylenes is 2. The van der Waals surface area contributed by atoms with E-state index in [9.17, 15) is 0 Å². The van der Waals surface area contributed by atoms with Crippen LogP contribution in [0.1, 0.15) is 22.8 Å². The fourth-order valence-corrected chi connectivity index (χ4v) is 2.94. The number of rotatable bonds is 0. The summed E-state index contributed by atoms with van der Waals surface area (Å²) in [7, 11) is 0. The second-order valence-electron chi connectivity index (χ2n) is 5.91. The van der Waals surface area contributed by atoms with Crippen LogP contribution in [0.4, 0.5) is 0 Å². The zero-order chi connectivity index (χ0) is 19.9. The second-order valence-corrected chi connectivity index (χ2v) is 5.91. The largest absolute Gasteiger partial charge is 0.355 e. The molecule has 0 amide bonds. The molecule has 0 atom stereocenters. The average molecular weight is 469 g/mol. The Labute approximate surface area is 183 Å². The van der Waals surface area contributed by atoms with Gasteiger partial charge >= 0.3 is 0 Å². The minimum absolute atomic E-state index is 0. The Hall–Kier alpha value is -3.62. The topological polar surface area (TPSA) is 57.4 Å². The third-order valence-corrected chi connectivity index (χ3v) is 4.04.